The van der Waals surface area contributed by atoms with E-state index >= 15 is 0 Å². The average Bonchev–Trinajstić information content (AvgIpc) is 2.73. The van der Waals surface area contributed by atoms with Gasteiger partial charge in [0.05, 0.1) is 7.11 Å². The summed E-state index contributed by atoms with van der Waals surface area (Å²) in [5, 5.41) is 2.93. The third-order valence-corrected chi connectivity index (χ3v) is 5.14. The summed E-state index contributed by atoms with van der Waals surface area (Å²) in [6, 6.07) is 12.6. The van der Waals surface area contributed by atoms with E-state index in [2.05, 4.69) is 5.32 Å². The van der Waals surface area contributed by atoms with Crippen molar-refractivity contribution in [2.24, 2.45) is 0 Å². The Bertz CT molecular complexity index is 895. The number of nitrogens with one attached hydrogen (secondary N) is 1. The van der Waals surface area contributed by atoms with Crippen LogP contribution in [0.1, 0.15) is 43.9 Å². The molecule has 0 fully saturated rings. The molecule has 0 aliphatic carbocycles. The average molecular weight is 427 g/mol. The monoisotopic (exact) mass is 426 g/mol. The lowest BCUT2D eigenvalue weighted by molar-refractivity contribution is -0.143. The molecule has 0 aliphatic rings. The highest BCUT2D eigenvalue weighted by atomic mass is 16.5. The Morgan fingerprint density at radius 1 is 1.03 bits per heavy atom. The molecule has 0 saturated heterocycles. The first kappa shape index (κ1) is 24.3. The first-order valence-electron chi connectivity index (χ1n) is 10.7. The van der Waals surface area contributed by atoms with Crippen LogP contribution >= 0.6 is 0 Å². The molecule has 0 bridgehead atoms. The van der Waals surface area contributed by atoms with Crippen LogP contribution in [-0.2, 0) is 16.1 Å². The Morgan fingerprint density at radius 3 is 2.39 bits per heavy atom. The van der Waals surface area contributed by atoms with Crippen molar-refractivity contribution in [3.63, 3.8) is 0 Å². The van der Waals surface area contributed by atoms with Gasteiger partial charge in [-0.3, -0.25) is 9.59 Å². The minimum Gasteiger partial charge on any atom is -0.497 e. The van der Waals surface area contributed by atoms with Crippen LogP contribution in [0.2, 0.25) is 0 Å². The molecule has 6 heteroatoms. The van der Waals surface area contributed by atoms with Crippen molar-refractivity contribution in [3.8, 4) is 11.5 Å². The van der Waals surface area contributed by atoms with Crippen molar-refractivity contribution in [2.45, 2.75) is 59.7 Å². The van der Waals surface area contributed by atoms with Crippen molar-refractivity contribution in [2.75, 3.05) is 13.7 Å². The molecule has 0 heterocycles. The molecule has 2 aromatic carbocycles. The number of carbonyl (C=O) groups is 2. The second-order valence-corrected chi connectivity index (χ2v) is 8.00. The minimum absolute atomic E-state index is 0.0119. The van der Waals surface area contributed by atoms with E-state index in [1.165, 1.54) is 0 Å². The van der Waals surface area contributed by atoms with Gasteiger partial charge in [-0.15, -0.1) is 0 Å². The first-order valence-corrected chi connectivity index (χ1v) is 10.7. The largest absolute Gasteiger partial charge is 0.497 e. The molecule has 0 aromatic heterocycles. The van der Waals surface area contributed by atoms with Gasteiger partial charge in [-0.05, 0) is 75.1 Å². The summed E-state index contributed by atoms with van der Waals surface area (Å²) in [6.07, 6.45) is 0.498. The molecule has 1 N–H and O–H groups in total. The molecule has 2 rings (SSSR count). The number of methoxy groups -OCH3 is 1. The first-order chi connectivity index (χ1) is 14.7. The molecule has 0 radical (unpaired) electrons. The molecule has 6 nitrogen and oxygen atoms in total. The van der Waals surface area contributed by atoms with E-state index in [1.807, 2.05) is 77.1 Å². The van der Waals surface area contributed by atoms with Crippen molar-refractivity contribution in [1.29, 1.82) is 0 Å². The molecule has 1 unspecified atom stereocenters. The van der Waals surface area contributed by atoms with Gasteiger partial charge < -0.3 is 19.7 Å². The summed E-state index contributed by atoms with van der Waals surface area (Å²) in [7, 11) is 1.60. The van der Waals surface area contributed by atoms with Crippen LogP contribution < -0.4 is 14.8 Å². The number of rotatable bonds is 10. The molecule has 31 heavy (non-hydrogen) atoms. The molecular weight excluding hydrogens is 392 g/mol. The van der Waals surface area contributed by atoms with Crippen LogP contribution in [0.4, 0.5) is 0 Å². The zero-order valence-corrected chi connectivity index (χ0v) is 19.4. The number of nitrogens with zero attached hydrogens (tertiary/aromatic N) is 1. The number of benzene rings is 2. The predicted octanol–water partition coefficient (Wildman–Crippen LogP) is 4.02. The number of carbonyl (C=O) groups excluding carboxylic acids is 2. The number of hydrogen-bond acceptors (Lipinski definition) is 4. The fourth-order valence-corrected chi connectivity index (χ4v) is 3.30. The van der Waals surface area contributed by atoms with Crippen molar-refractivity contribution >= 4 is 11.8 Å². The van der Waals surface area contributed by atoms with Crippen LogP contribution in [0.15, 0.2) is 42.5 Å². The highest BCUT2D eigenvalue weighted by Crippen LogP contribution is 2.19. The zero-order valence-electron chi connectivity index (χ0n) is 19.4. The number of ether oxygens (including phenoxy) is 2. The van der Waals surface area contributed by atoms with E-state index in [1.54, 1.807) is 12.0 Å². The Hall–Kier alpha value is -3.02. The summed E-state index contributed by atoms with van der Waals surface area (Å²) in [6.45, 7) is 9.89. The number of hydrogen-bond donors (Lipinski definition) is 1. The summed E-state index contributed by atoms with van der Waals surface area (Å²) in [4.78, 5) is 27.6. The predicted molar refractivity (Wildman–Crippen MR) is 122 cm³/mol. The molecule has 0 spiro atoms. The summed E-state index contributed by atoms with van der Waals surface area (Å²) in [5.41, 5.74) is 3.14. The minimum atomic E-state index is -0.593. The van der Waals surface area contributed by atoms with E-state index in [0.717, 1.165) is 16.7 Å². The van der Waals surface area contributed by atoms with Gasteiger partial charge in [-0.2, -0.15) is 0 Å². The van der Waals surface area contributed by atoms with E-state index in [9.17, 15) is 9.59 Å². The second kappa shape index (κ2) is 11.4. The van der Waals surface area contributed by atoms with Gasteiger partial charge in [0, 0.05) is 12.6 Å². The Labute approximate surface area is 185 Å². The normalized spacial score (nSPS) is 11.7. The van der Waals surface area contributed by atoms with Gasteiger partial charge in [0.25, 0.3) is 5.91 Å². The quantitative estimate of drug-likeness (QED) is 0.623. The number of aryl methyl sites for hydroxylation is 2. The number of amides is 2. The lowest BCUT2D eigenvalue weighted by atomic mass is 10.1. The van der Waals surface area contributed by atoms with Crippen molar-refractivity contribution in [3.05, 3.63) is 59.2 Å². The molecule has 2 aromatic rings. The third kappa shape index (κ3) is 7.02. The Balaban J connectivity index is 2.24. The topological polar surface area (TPSA) is 67.9 Å². The van der Waals surface area contributed by atoms with E-state index < -0.39 is 6.04 Å². The van der Waals surface area contributed by atoms with Gasteiger partial charge in [0.1, 0.15) is 17.5 Å². The van der Waals surface area contributed by atoms with Gasteiger partial charge in [-0.1, -0.05) is 25.1 Å². The van der Waals surface area contributed by atoms with E-state index in [-0.39, 0.29) is 31.0 Å². The lowest BCUT2D eigenvalue weighted by Gasteiger charge is -2.31. The SMILES string of the molecule is CCC(C(=O)NC(C)C)N(Cc1cccc(OC)c1)C(=O)COc1ccc(C)c(C)c1. The summed E-state index contributed by atoms with van der Waals surface area (Å²) in [5.74, 6) is 0.931. The van der Waals surface area contributed by atoms with E-state index in [0.29, 0.717) is 17.9 Å². The maximum Gasteiger partial charge on any atom is 0.261 e. The smallest absolute Gasteiger partial charge is 0.261 e. The zero-order chi connectivity index (χ0) is 23.0. The highest BCUT2D eigenvalue weighted by molar-refractivity contribution is 5.88. The van der Waals surface area contributed by atoms with Crippen LogP contribution in [0, 0.1) is 13.8 Å². The van der Waals surface area contributed by atoms with Crippen LogP contribution in [0.3, 0.4) is 0 Å². The third-order valence-electron chi connectivity index (χ3n) is 5.14. The second-order valence-electron chi connectivity index (χ2n) is 8.00. The van der Waals surface area contributed by atoms with Crippen LogP contribution in [0.5, 0.6) is 11.5 Å². The van der Waals surface area contributed by atoms with Gasteiger partial charge in [0.2, 0.25) is 5.91 Å². The maximum absolute atomic E-state index is 13.2. The Morgan fingerprint density at radius 2 is 1.77 bits per heavy atom. The van der Waals surface area contributed by atoms with Crippen LogP contribution in [0.25, 0.3) is 0 Å². The molecule has 0 aliphatic heterocycles. The standard InChI is InChI=1S/C25H34N2O4/c1-7-23(25(29)26-17(2)3)27(15-20-9-8-10-21(14-20)30-6)24(28)16-31-22-12-11-18(4)19(5)13-22/h8-14,17,23H,7,15-16H2,1-6H3,(H,26,29). The summed E-state index contributed by atoms with van der Waals surface area (Å²) < 4.78 is 11.1. The molecule has 168 valence electrons. The van der Waals surface area contributed by atoms with Crippen molar-refractivity contribution in [1.82, 2.24) is 10.2 Å². The van der Waals surface area contributed by atoms with Crippen LogP contribution in [-0.4, -0.2) is 42.5 Å². The van der Waals surface area contributed by atoms with Gasteiger partial charge in [0.15, 0.2) is 6.61 Å². The van der Waals surface area contributed by atoms with Crippen molar-refractivity contribution < 1.29 is 19.1 Å². The lowest BCUT2D eigenvalue weighted by Crippen LogP contribution is -2.51. The Kier molecular flexibility index (Phi) is 8.91. The molecule has 1 atom stereocenters. The van der Waals surface area contributed by atoms with Gasteiger partial charge in [-0.25, -0.2) is 0 Å². The fraction of sp³-hybridized carbons (Fsp3) is 0.440. The van der Waals surface area contributed by atoms with E-state index in [4.69, 9.17) is 9.47 Å². The highest BCUT2D eigenvalue weighted by Gasteiger charge is 2.29. The maximum atomic E-state index is 13.2. The molecule has 0 saturated carbocycles. The molecule has 2 amide bonds. The fourth-order valence-electron chi connectivity index (χ4n) is 3.30. The van der Waals surface area contributed by atoms with Gasteiger partial charge >= 0.3 is 0 Å². The summed E-state index contributed by atoms with van der Waals surface area (Å²) >= 11 is 0. The molecular formula is C25H34N2O4.